The fourth-order valence-electron chi connectivity index (χ4n) is 2.36. The van der Waals surface area contributed by atoms with E-state index in [4.69, 9.17) is 5.73 Å². The highest BCUT2D eigenvalue weighted by Gasteiger charge is 2.28. The number of aromatic nitrogens is 1. The highest BCUT2D eigenvalue weighted by atomic mass is 32.1. The van der Waals surface area contributed by atoms with E-state index < -0.39 is 0 Å². The Morgan fingerprint density at radius 1 is 1.33 bits per heavy atom. The summed E-state index contributed by atoms with van der Waals surface area (Å²) in [5, 5.41) is 3.50. The summed E-state index contributed by atoms with van der Waals surface area (Å²) in [4.78, 5) is 16.9. The second-order valence-electron chi connectivity index (χ2n) is 6.54. The minimum absolute atomic E-state index is 0.0871. The van der Waals surface area contributed by atoms with Crippen molar-refractivity contribution in [1.29, 1.82) is 0 Å². The molecule has 0 aliphatic carbocycles. The number of aryl methyl sites for hydroxylation is 1. The summed E-state index contributed by atoms with van der Waals surface area (Å²) >= 11 is 1.24. The van der Waals surface area contributed by atoms with Crippen LogP contribution < -0.4 is 11.1 Å². The maximum Gasteiger partial charge on any atom is 0.263 e. The average molecular weight is 269 g/mol. The van der Waals surface area contributed by atoms with E-state index in [0.717, 1.165) is 6.42 Å². The van der Waals surface area contributed by atoms with Gasteiger partial charge in [-0.25, -0.2) is 4.98 Å². The Labute approximate surface area is 113 Å². The van der Waals surface area contributed by atoms with Gasteiger partial charge in [0.15, 0.2) is 5.13 Å². The van der Waals surface area contributed by atoms with E-state index >= 15 is 0 Å². The smallest absolute Gasteiger partial charge is 0.263 e. The first kappa shape index (κ1) is 15.0. The van der Waals surface area contributed by atoms with Gasteiger partial charge in [0.05, 0.1) is 5.69 Å². The Kier molecular flexibility index (Phi) is 4.05. The van der Waals surface area contributed by atoms with Gasteiger partial charge in [-0.05, 0) is 32.6 Å². The van der Waals surface area contributed by atoms with Crippen LogP contribution in [0.25, 0.3) is 0 Å². The molecule has 0 unspecified atom stereocenters. The Morgan fingerprint density at radius 2 is 1.89 bits per heavy atom. The molecule has 1 amide bonds. The molecule has 0 bridgehead atoms. The van der Waals surface area contributed by atoms with Crippen LogP contribution in [-0.2, 0) is 0 Å². The molecule has 1 heterocycles. The standard InChI is InChI=1S/C13H23N3OS/c1-8-9(18-11(14)15-8)10(17)16-13(5,6)7-12(2,3)4/h7H2,1-6H3,(H2,14,15)(H,16,17). The Balaban J connectivity index is 2.79. The van der Waals surface area contributed by atoms with Gasteiger partial charge in [-0.15, -0.1) is 0 Å². The fraction of sp³-hybridized carbons (Fsp3) is 0.692. The summed E-state index contributed by atoms with van der Waals surface area (Å²) < 4.78 is 0. The molecular weight excluding hydrogens is 246 g/mol. The summed E-state index contributed by atoms with van der Waals surface area (Å²) in [7, 11) is 0. The van der Waals surface area contributed by atoms with Gasteiger partial charge in [-0.2, -0.15) is 0 Å². The largest absolute Gasteiger partial charge is 0.375 e. The van der Waals surface area contributed by atoms with E-state index in [2.05, 4.69) is 31.1 Å². The molecule has 0 aliphatic rings. The number of nitrogens with zero attached hydrogens (tertiary/aromatic N) is 1. The lowest BCUT2D eigenvalue weighted by atomic mass is 9.82. The van der Waals surface area contributed by atoms with Crippen molar-refractivity contribution in [2.24, 2.45) is 5.41 Å². The van der Waals surface area contributed by atoms with Crippen LogP contribution in [0, 0.1) is 12.3 Å². The summed E-state index contributed by atoms with van der Waals surface area (Å²) in [6.45, 7) is 12.4. The molecule has 0 spiro atoms. The van der Waals surface area contributed by atoms with Gasteiger partial charge in [0, 0.05) is 5.54 Å². The van der Waals surface area contributed by atoms with Crippen LogP contribution in [0.2, 0.25) is 0 Å². The number of carbonyl (C=O) groups is 1. The van der Waals surface area contributed by atoms with E-state index in [1.165, 1.54) is 11.3 Å². The second-order valence-corrected chi connectivity index (χ2v) is 7.57. The van der Waals surface area contributed by atoms with Crippen molar-refractivity contribution >= 4 is 22.4 Å². The van der Waals surface area contributed by atoms with Crippen molar-refractivity contribution in [1.82, 2.24) is 10.3 Å². The molecule has 5 heteroatoms. The van der Waals surface area contributed by atoms with E-state index in [1.807, 2.05) is 13.8 Å². The van der Waals surface area contributed by atoms with Crippen LogP contribution in [0.15, 0.2) is 0 Å². The van der Waals surface area contributed by atoms with Crippen LogP contribution in [0.4, 0.5) is 5.13 Å². The molecule has 102 valence electrons. The third-order valence-electron chi connectivity index (χ3n) is 2.44. The molecule has 1 aromatic heterocycles. The van der Waals surface area contributed by atoms with Crippen molar-refractivity contribution in [3.05, 3.63) is 10.6 Å². The number of nitrogens with one attached hydrogen (secondary N) is 1. The normalized spacial score (nSPS) is 12.6. The summed E-state index contributed by atoms with van der Waals surface area (Å²) in [5.41, 5.74) is 6.22. The Bertz CT molecular complexity index is 444. The van der Waals surface area contributed by atoms with Crippen LogP contribution in [-0.4, -0.2) is 16.4 Å². The van der Waals surface area contributed by atoms with Gasteiger partial charge in [0.25, 0.3) is 5.91 Å². The number of anilines is 1. The van der Waals surface area contributed by atoms with Gasteiger partial charge >= 0.3 is 0 Å². The van der Waals surface area contributed by atoms with Crippen molar-refractivity contribution in [2.75, 3.05) is 5.73 Å². The van der Waals surface area contributed by atoms with Gasteiger partial charge in [-0.3, -0.25) is 4.79 Å². The zero-order valence-corrected chi connectivity index (χ0v) is 12.9. The number of nitrogen functional groups attached to an aromatic ring is 1. The van der Waals surface area contributed by atoms with Crippen LogP contribution in [0.5, 0.6) is 0 Å². The van der Waals surface area contributed by atoms with Crippen molar-refractivity contribution in [2.45, 2.75) is 53.5 Å². The maximum absolute atomic E-state index is 12.2. The number of thiazole rings is 1. The molecule has 0 fully saturated rings. The van der Waals surface area contributed by atoms with Gasteiger partial charge in [0.1, 0.15) is 4.88 Å². The van der Waals surface area contributed by atoms with Crippen LogP contribution in [0.1, 0.15) is 56.4 Å². The minimum atomic E-state index is -0.249. The first-order valence-corrected chi connectivity index (χ1v) is 6.87. The Morgan fingerprint density at radius 3 is 2.28 bits per heavy atom. The van der Waals surface area contributed by atoms with Crippen molar-refractivity contribution in [3.63, 3.8) is 0 Å². The van der Waals surface area contributed by atoms with Gasteiger partial charge < -0.3 is 11.1 Å². The summed E-state index contributed by atoms with van der Waals surface area (Å²) in [6, 6.07) is 0. The second kappa shape index (κ2) is 4.88. The lowest BCUT2D eigenvalue weighted by Gasteiger charge is -2.33. The molecule has 0 saturated carbocycles. The van der Waals surface area contributed by atoms with Crippen LogP contribution in [0.3, 0.4) is 0 Å². The molecule has 0 saturated heterocycles. The van der Waals surface area contributed by atoms with Crippen LogP contribution >= 0.6 is 11.3 Å². The molecule has 0 atom stereocenters. The molecule has 0 radical (unpaired) electrons. The van der Waals surface area contributed by atoms with E-state index in [9.17, 15) is 4.79 Å². The van der Waals surface area contributed by atoms with Gasteiger partial charge in [-0.1, -0.05) is 32.1 Å². The predicted molar refractivity (Wildman–Crippen MR) is 76.9 cm³/mol. The fourth-order valence-corrected chi connectivity index (χ4v) is 3.09. The first-order valence-electron chi connectivity index (χ1n) is 6.06. The third-order valence-corrected chi connectivity index (χ3v) is 3.43. The number of nitrogens with two attached hydrogens (primary N) is 1. The summed E-state index contributed by atoms with van der Waals surface area (Å²) in [5.74, 6) is -0.0871. The number of hydrogen-bond acceptors (Lipinski definition) is 4. The number of amides is 1. The van der Waals surface area contributed by atoms with Gasteiger partial charge in [0.2, 0.25) is 0 Å². The quantitative estimate of drug-likeness (QED) is 0.886. The van der Waals surface area contributed by atoms with E-state index in [-0.39, 0.29) is 16.9 Å². The molecule has 0 aliphatic heterocycles. The molecule has 1 rings (SSSR count). The SMILES string of the molecule is Cc1nc(N)sc1C(=O)NC(C)(C)CC(C)(C)C. The van der Waals surface area contributed by atoms with E-state index in [0.29, 0.717) is 15.7 Å². The monoisotopic (exact) mass is 269 g/mol. The molecule has 3 N–H and O–H groups in total. The highest BCUT2D eigenvalue weighted by Crippen LogP contribution is 2.28. The lowest BCUT2D eigenvalue weighted by Crippen LogP contribution is -2.45. The highest BCUT2D eigenvalue weighted by molar-refractivity contribution is 7.17. The molecule has 4 nitrogen and oxygen atoms in total. The average Bonchev–Trinajstić information content (AvgIpc) is 2.39. The molecule has 0 aromatic carbocycles. The molecule has 18 heavy (non-hydrogen) atoms. The minimum Gasteiger partial charge on any atom is -0.375 e. The van der Waals surface area contributed by atoms with Crippen molar-refractivity contribution in [3.8, 4) is 0 Å². The maximum atomic E-state index is 12.2. The van der Waals surface area contributed by atoms with Crippen molar-refractivity contribution < 1.29 is 4.79 Å². The predicted octanol–water partition coefficient (Wildman–Crippen LogP) is 2.98. The first-order chi connectivity index (χ1) is 8.00. The number of carbonyl (C=O) groups excluding carboxylic acids is 1. The third kappa shape index (κ3) is 4.29. The number of rotatable bonds is 3. The lowest BCUT2D eigenvalue weighted by molar-refractivity contribution is 0.0895. The Hall–Kier alpha value is -1.10. The zero-order valence-electron chi connectivity index (χ0n) is 12.0. The summed E-state index contributed by atoms with van der Waals surface area (Å²) in [6.07, 6.45) is 0.902. The van der Waals surface area contributed by atoms with E-state index in [1.54, 1.807) is 6.92 Å². The number of hydrogen-bond donors (Lipinski definition) is 2. The zero-order chi connectivity index (χ0) is 14.1. The topological polar surface area (TPSA) is 68.0 Å². The molecule has 1 aromatic rings. The molecular formula is C13H23N3OS.